The van der Waals surface area contributed by atoms with Gasteiger partial charge in [0.15, 0.2) is 0 Å². The monoisotopic (exact) mass is 411 g/mol. The van der Waals surface area contributed by atoms with Crippen molar-refractivity contribution >= 4 is 33.3 Å². The smallest absolute Gasteiger partial charge is 0.326 e. The largest absolute Gasteiger partial charge is 0.480 e. The number of hydrogen-bond donors (Lipinski definition) is 2. The van der Waals surface area contributed by atoms with Gasteiger partial charge in [0.1, 0.15) is 22.5 Å². The van der Waals surface area contributed by atoms with Crippen LogP contribution in [0.1, 0.15) is 55.9 Å². The maximum absolute atomic E-state index is 11.8. The lowest BCUT2D eigenvalue weighted by Gasteiger charge is -2.20. The number of aryl methyl sites for hydroxylation is 2. The summed E-state index contributed by atoms with van der Waals surface area (Å²) in [5.74, 6) is 0.441. The number of anilines is 1. The molecule has 1 aromatic carbocycles. The van der Waals surface area contributed by atoms with E-state index < -0.39 is 12.0 Å². The third-order valence-electron chi connectivity index (χ3n) is 5.04. The number of nitrogens with one attached hydrogen (secondary N) is 1. The Morgan fingerprint density at radius 1 is 1.17 bits per heavy atom. The first-order valence-corrected chi connectivity index (χ1v) is 11.1. The Morgan fingerprint density at radius 3 is 2.48 bits per heavy atom. The number of benzene rings is 1. The first kappa shape index (κ1) is 21.2. The highest BCUT2D eigenvalue weighted by molar-refractivity contribution is 7.19. The summed E-state index contributed by atoms with van der Waals surface area (Å²) in [6.45, 7) is 8.13. The molecular weight excluding hydrogens is 382 g/mol. The standard InChI is InChI=1S/C23H29N3O2S/c1-5-10-17-16(6-2)19-21(26-20(14(3)4)23(27)28)24-18(25-22(19)29-17)13-15-11-8-7-9-12-15/h7-9,11-12,14,20H,5-6,10,13H2,1-4H3,(H,27,28)(H,24,25,26)/t20-/m0/s1. The number of carboxylic acids is 1. The Hall–Kier alpha value is -2.47. The van der Waals surface area contributed by atoms with E-state index in [0.29, 0.717) is 18.1 Å². The summed E-state index contributed by atoms with van der Waals surface area (Å²) in [5.41, 5.74) is 2.38. The zero-order valence-corrected chi connectivity index (χ0v) is 18.3. The molecule has 6 heteroatoms. The molecule has 5 nitrogen and oxygen atoms in total. The summed E-state index contributed by atoms with van der Waals surface area (Å²) in [5, 5.41) is 13.9. The zero-order valence-electron chi connectivity index (χ0n) is 17.5. The van der Waals surface area contributed by atoms with Gasteiger partial charge in [-0.25, -0.2) is 14.8 Å². The Morgan fingerprint density at radius 2 is 1.90 bits per heavy atom. The predicted octanol–water partition coefficient (Wildman–Crippen LogP) is 5.32. The van der Waals surface area contributed by atoms with Gasteiger partial charge < -0.3 is 10.4 Å². The van der Waals surface area contributed by atoms with E-state index in [0.717, 1.165) is 35.0 Å². The van der Waals surface area contributed by atoms with Crippen molar-refractivity contribution < 1.29 is 9.90 Å². The van der Waals surface area contributed by atoms with E-state index in [1.165, 1.54) is 10.4 Å². The molecule has 3 aromatic rings. The van der Waals surface area contributed by atoms with E-state index in [4.69, 9.17) is 9.97 Å². The first-order valence-electron chi connectivity index (χ1n) is 10.3. The SMILES string of the molecule is CCCc1sc2nc(Cc3ccccc3)nc(N[C@H](C(=O)O)C(C)C)c2c1CC. The Kier molecular flexibility index (Phi) is 6.85. The van der Waals surface area contributed by atoms with Crippen molar-refractivity contribution in [1.82, 2.24) is 9.97 Å². The summed E-state index contributed by atoms with van der Waals surface area (Å²) in [6.07, 6.45) is 3.57. The molecule has 1 atom stereocenters. The number of aromatic nitrogens is 2. The summed E-state index contributed by atoms with van der Waals surface area (Å²) in [7, 11) is 0. The van der Waals surface area contributed by atoms with Gasteiger partial charge in [-0.1, -0.05) is 64.4 Å². The summed E-state index contributed by atoms with van der Waals surface area (Å²) >= 11 is 1.72. The first-order chi connectivity index (χ1) is 13.9. The van der Waals surface area contributed by atoms with E-state index in [9.17, 15) is 9.90 Å². The normalized spacial score (nSPS) is 12.4. The van der Waals surface area contributed by atoms with Crippen LogP contribution in [0.2, 0.25) is 0 Å². The van der Waals surface area contributed by atoms with Crippen LogP contribution in [0.4, 0.5) is 5.82 Å². The molecule has 0 unspecified atom stereocenters. The van der Waals surface area contributed by atoms with Crippen molar-refractivity contribution in [3.63, 3.8) is 0 Å². The number of thiophene rings is 1. The molecule has 2 aromatic heterocycles. The van der Waals surface area contributed by atoms with Crippen molar-refractivity contribution in [2.75, 3.05) is 5.32 Å². The van der Waals surface area contributed by atoms with E-state index in [2.05, 4.69) is 31.3 Å². The number of nitrogens with zero attached hydrogens (tertiary/aromatic N) is 2. The molecule has 0 bridgehead atoms. The molecule has 0 saturated heterocycles. The van der Waals surface area contributed by atoms with Crippen LogP contribution in [-0.4, -0.2) is 27.1 Å². The Balaban J connectivity index is 2.13. The molecule has 0 aliphatic heterocycles. The predicted molar refractivity (Wildman–Crippen MR) is 120 cm³/mol. The minimum Gasteiger partial charge on any atom is -0.480 e. The lowest BCUT2D eigenvalue weighted by Crippen LogP contribution is -2.34. The van der Waals surface area contributed by atoms with Gasteiger partial charge in [-0.15, -0.1) is 11.3 Å². The second-order valence-electron chi connectivity index (χ2n) is 7.64. The number of aliphatic carboxylic acids is 1. The highest BCUT2D eigenvalue weighted by Crippen LogP contribution is 2.36. The molecule has 3 rings (SSSR count). The molecule has 154 valence electrons. The number of carbonyl (C=O) groups is 1. The molecule has 0 aliphatic carbocycles. The van der Waals surface area contributed by atoms with Gasteiger partial charge in [0, 0.05) is 11.3 Å². The molecule has 0 amide bonds. The third kappa shape index (κ3) is 4.75. The number of carboxylic acid groups (broad SMARTS) is 1. The van der Waals surface area contributed by atoms with Crippen molar-refractivity contribution in [3.8, 4) is 0 Å². The molecule has 2 heterocycles. The van der Waals surface area contributed by atoms with E-state index in [1.54, 1.807) is 11.3 Å². The van der Waals surface area contributed by atoms with Gasteiger partial charge in [-0.3, -0.25) is 0 Å². The van der Waals surface area contributed by atoms with Gasteiger partial charge in [-0.05, 0) is 29.9 Å². The van der Waals surface area contributed by atoms with Gasteiger partial charge in [0.2, 0.25) is 0 Å². The van der Waals surface area contributed by atoms with Gasteiger partial charge in [0.25, 0.3) is 0 Å². The lowest BCUT2D eigenvalue weighted by molar-refractivity contribution is -0.138. The summed E-state index contributed by atoms with van der Waals surface area (Å²) in [4.78, 5) is 23.8. The topological polar surface area (TPSA) is 75.1 Å². The van der Waals surface area contributed by atoms with E-state index in [1.807, 2.05) is 32.0 Å². The molecule has 29 heavy (non-hydrogen) atoms. The van der Waals surface area contributed by atoms with Crippen LogP contribution in [0.3, 0.4) is 0 Å². The fourth-order valence-electron chi connectivity index (χ4n) is 3.57. The fraction of sp³-hybridized carbons (Fsp3) is 0.435. The maximum Gasteiger partial charge on any atom is 0.326 e. The highest BCUT2D eigenvalue weighted by atomic mass is 32.1. The summed E-state index contributed by atoms with van der Waals surface area (Å²) < 4.78 is 0. The average molecular weight is 412 g/mol. The van der Waals surface area contributed by atoms with Crippen LogP contribution in [-0.2, 0) is 24.1 Å². The molecule has 0 saturated carbocycles. The Bertz CT molecular complexity index is 983. The van der Waals surface area contributed by atoms with Crippen LogP contribution in [0.25, 0.3) is 10.2 Å². The lowest BCUT2D eigenvalue weighted by atomic mass is 10.0. The van der Waals surface area contributed by atoms with Crippen molar-refractivity contribution in [1.29, 1.82) is 0 Å². The molecule has 0 fully saturated rings. The van der Waals surface area contributed by atoms with Gasteiger partial charge in [0.05, 0.1) is 5.39 Å². The van der Waals surface area contributed by atoms with Crippen LogP contribution in [0.15, 0.2) is 30.3 Å². The maximum atomic E-state index is 11.8. The fourth-order valence-corrected chi connectivity index (χ4v) is 4.96. The van der Waals surface area contributed by atoms with Crippen LogP contribution in [0, 0.1) is 5.92 Å². The highest BCUT2D eigenvalue weighted by Gasteiger charge is 2.25. The van der Waals surface area contributed by atoms with E-state index in [-0.39, 0.29) is 5.92 Å². The van der Waals surface area contributed by atoms with Gasteiger partial charge >= 0.3 is 5.97 Å². The minimum absolute atomic E-state index is 0.0612. The summed E-state index contributed by atoms with van der Waals surface area (Å²) in [6, 6.07) is 9.42. The average Bonchev–Trinajstić information content (AvgIpc) is 3.03. The van der Waals surface area contributed by atoms with Crippen LogP contribution < -0.4 is 5.32 Å². The van der Waals surface area contributed by atoms with Crippen molar-refractivity contribution in [3.05, 3.63) is 52.2 Å². The molecule has 0 spiro atoms. The second kappa shape index (κ2) is 9.35. The second-order valence-corrected chi connectivity index (χ2v) is 8.73. The zero-order chi connectivity index (χ0) is 21.0. The van der Waals surface area contributed by atoms with Crippen molar-refractivity contribution in [2.24, 2.45) is 5.92 Å². The number of rotatable bonds is 9. The van der Waals surface area contributed by atoms with Crippen LogP contribution in [0.5, 0.6) is 0 Å². The molecule has 0 aliphatic rings. The minimum atomic E-state index is -0.863. The quantitative estimate of drug-likeness (QED) is 0.498. The van der Waals surface area contributed by atoms with E-state index >= 15 is 0 Å². The van der Waals surface area contributed by atoms with Gasteiger partial charge in [-0.2, -0.15) is 0 Å². The number of fused-ring (bicyclic) bond motifs is 1. The molecular formula is C23H29N3O2S. The molecule has 2 N–H and O–H groups in total. The third-order valence-corrected chi connectivity index (χ3v) is 6.23. The number of hydrogen-bond acceptors (Lipinski definition) is 5. The molecule has 0 radical (unpaired) electrons. The van der Waals surface area contributed by atoms with Crippen molar-refractivity contribution in [2.45, 2.75) is 59.4 Å². The van der Waals surface area contributed by atoms with Crippen LogP contribution >= 0.6 is 11.3 Å². The Labute approximate surface area is 176 Å².